The van der Waals surface area contributed by atoms with Crippen molar-refractivity contribution in [3.63, 3.8) is 0 Å². The van der Waals surface area contributed by atoms with Crippen molar-refractivity contribution in [2.75, 3.05) is 26.8 Å². The van der Waals surface area contributed by atoms with Gasteiger partial charge in [-0.3, -0.25) is 4.79 Å². The number of ether oxygens (including phenoxy) is 1. The molecule has 1 amide bonds. The Labute approximate surface area is 168 Å². The van der Waals surface area contributed by atoms with Gasteiger partial charge in [-0.05, 0) is 43.7 Å². The Morgan fingerprint density at radius 2 is 1.93 bits per heavy atom. The molecule has 1 heterocycles. The van der Waals surface area contributed by atoms with Gasteiger partial charge in [-0.2, -0.15) is 0 Å². The van der Waals surface area contributed by atoms with Crippen LogP contribution in [-0.4, -0.2) is 51.6 Å². The molecule has 28 heavy (non-hydrogen) atoms. The summed E-state index contributed by atoms with van der Waals surface area (Å²) in [5.41, 5.74) is -0.674. The molecule has 0 radical (unpaired) electrons. The minimum atomic E-state index is -3.65. The Hall–Kier alpha value is -1.44. The van der Waals surface area contributed by atoms with Crippen LogP contribution in [0.15, 0.2) is 35.2 Å². The van der Waals surface area contributed by atoms with Crippen molar-refractivity contribution in [1.29, 1.82) is 0 Å². The number of sulfonamides is 1. The highest BCUT2D eigenvalue weighted by atomic mass is 32.2. The lowest BCUT2D eigenvalue weighted by Gasteiger charge is -2.31. The maximum absolute atomic E-state index is 12.9. The van der Waals surface area contributed by atoms with Crippen LogP contribution in [0.3, 0.4) is 0 Å². The van der Waals surface area contributed by atoms with E-state index in [2.05, 4.69) is 4.72 Å². The molecule has 2 aliphatic rings. The third-order valence-corrected chi connectivity index (χ3v) is 7.68. The van der Waals surface area contributed by atoms with Gasteiger partial charge in [0.15, 0.2) is 0 Å². The molecule has 0 bridgehead atoms. The number of carbonyl (C=O) groups is 1. The number of hydrogen-bond acceptors (Lipinski definition) is 4. The molecular formula is C21H32N2O4S. The first-order chi connectivity index (χ1) is 13.4. The van der Waals surface area contributed by atoms with Gasteiger partial charge in [0.1, 0.15) is 0 Å². The number of methoxy groups -OCH3 is 1. The van der Waals surface area contributed by atoms with Crippen LogP contribution in [-0.2, 0) is 19.6 Å². The van der Waals surface area contributed by atoms with Crippen LogP contribution in [0.2, 0.25) is 0 Å². The predicted octanol–water partition coefficient (Wildman–Crippen LogP) is 2.94. The topological polar surface area (TPSA) is 75.7 Å². The van der Waals surface area contributed by atoms with Crippen molar-refractivity contribution in [2.45, 2.75) is 61.8 Å². The average molecular weight is 409 g/mol. The molecule has 0 aromatic heterocycles. The highest BCUT2D eigenvalue weighted by molar-refractivity contribution is 7.89. The van der Waals surface area contributed by atoms with Crippen LogP contribution in [0.4, 0.5) is 0 Å². The lowest BCUT2D eigenvalue weighted by Crippen LogP contribution is -2.51. The van der Waals surface area contributed by atoms with Gasteiger partial charge in [-0.25, -0.2) is 13.1 Å². The highest BCUT2D eigenvalue weighted by Gasteiger charge is 2.43. The van der Waals surface area contributed by atoms with Crippen molar-refractivity contribution >= 4 is 15.9 Å². The molecule has 1 saturated carbocycles. The number of nitrogens with one attached hydrogen (secondary N) is 1. The zero-order valence-electron chi connectivity index (χ0n) is 16.7. The van der Waals surface area contributed by atoms with Crippen LogP contribution in [0.25, 0.3) is 0 Å². The van der Waals surface area contributed by atoms with Crippen molar-refractivity contribution in [2.24, 2.45) is 5.92 Å². The van der Waals surface area contributed by atoms with E-state index in [1.54, 1.807) is 37.4 Å². The van der Waals surface area contributed by atoms with Gasteiger partial charge >= 0.3 is 0 Å². The summed E-state index contributed by atoms with van der Waals surface area (Å²) in [6.07, 6.45) is 7.71. The minimum Gasteiger partial charge on any atom is -0.385 e. The van der Waals surface area contributed by atoms with E-state index in [-0.39, 0.29) is 10.8 Å². The Balaban J connectivity index is 1.69. The molecule has 1 aliphatic heterocycles. The van der Waals surface area contributed by atoms with Crippen LogP contribution in [0, 0.1) is 5.92 Å². The van der Waals surface area contributed by atoms with Gasteiger partial charge in [-0.1, -0.05) is 37.5 Å². The third-order valence-electron chi connectivity index (χ3n) is 6.08. The summed E-state index contributed by atoms with van der Waals surface area (Å²) >= 11 is 0. The summed E-state index contributed by atoms with van der Waals surface area (Å²) in [6, 6.07) is 8.40. The van der Waals surface area contributed by atoms with Gasteiger partial charge < -0.3 is 9.64 Å². The molecular weight excluding hydrogens is 376 g/mol. The molecule has 1 saturated heterocycles. The molecule has 1 aromatic carbocycles. The summed E-state index contributed by atoms with van der Waals surface area (Å²) in [5, 5.41) is 0. The van der Waals surface area contributed by atoms with Crippen LogP contribution in [0.1, 0.15) is 51.4 Å². The minimum absolute atomic E-state index is 0.158. The maximum Gasteiger partial charge on any atom is 0.241 e. The van der Waals surface area contributed by atoms with Crippen molar-refractivity contribution in [1.82, 2.24) is 9.62 Å². The fourth-order valence-corrected chi connectivity index (χ4v) is 5.90. The molecule has 0 spiro atoms. The first kappa shape index (κ1) is 21.3. The van der Waals surface area contributed by atoms with Crippen molar-refractivity contribution in [3.05, 3.63) is 30.3 Å². The van der Waals surface area contributed by atoms with E-state index >= 15 is 0 Å². The maximum atomic E-state index is 12.9. The predicted molar refractivity (Wildman–Crippen MR) is 108 cm³/mol. The molecule has 6 nitrogen and oxygen atoms in total. The Morgan fingerprint density at radius 3 is 2.61 bits per heavy atom. The van der Waals surface area contributed by atoms with Crippen LogP contribution in [0.5, 0.6) is 0 Å². The standard InChI is InChI=1S/C21H32N2O4S/c1-27-15-13-21(22-28(25,26)19-10-6-3-7-11-19)12-14-23(17-21)20(24)16-18-8-4-2-5-9-18/h3,6-7,10-11,18,22H,2,4-5,8-9,12-17H2,1H3. The van der Waals surface area contributed by atoms with Crippen LogP contribution < -0.4 is 4.72 Å². The number of amides is 1. The van der Waals surface area contributed by atoms with Crippen molar-refractivity contribution < 1.29 is 17.9 Å². The Morgan fingerprint density at radius 1 is 1.21 bits per heavy atom. The van der Waals surface area contributed by atoms with Gasteiger partial charge in [0.2, 0.25) is 15.9 Å². The Kier molecular flexibility index (Phi) is 7.12. The Bertz CT molecular complexity index is 747. The zero-order chi connectivity index (χ0) is 20.0. The molecule has 156 valence electrons. The summed E-state index contributed by atoms with van der Waals surface area (Å²) < 4.78 is 33.9. The SMILES string of the molecule is COCCC1(NS(=O)(=O)c2ccccc2)CCN(C(=O)CC2CCCCC2)C1. The number of nitrogens with zero attached hydrogens (tertiary/aromatic N) is 1. The molecule has 2 fully saturated rings. The van der Waals surface area contributed by atoms with E-state index in [1.807, 2.05) is 4.90 Å². The second-order valence-corrected chi connectivity index (χ2v) is 9.90. The molecule has 1 aromatic rings. The fraction of sp³-hybridized carbons (Fsp3) is 0.667. The van der Waals surface area contributed by atoms with Crippen molar-refractivity contribution in [3.8, 4) is 0 Å². The van der Waals surface area contributed by atoms with E-state index in [0.717, 1.165) is 12.8 Å². The number of carbonyl (C=O) groups excluding carboxylic acids is 1. The second-order valence-electron chi connectivity index (χ2n) is 8.22. The number of benzene rings is 1. The van der Waals surface area contributed by atoms with E-state index < -0.39 is 15.6 Å². The van der Waals surface area contributed by atoms with Gasteiger partial charge in [0, 0.05) is 33.2 Å². The lowest BCUT2D eigenvalue weighted by molar-refractivity contribution is -0.131. The summed E-state index contributed by atoms with van der Waals surface area (Å²) in [7, 11) is -2.04. The van der Waals surface area contributed by atoms with Gasteiger partial charge in [0.05, 0.1) is 10.4 Å². The first-order valence-corrected chi connectivity index (χ1v) is 11.8. The summed E-state index contributed by atoms with van der Waals surface area (Å²) in [5.74, 6) is 0.640. The number of likely N-dealkylation sites (tertiary alicyclic amines) is 1. The third kappa shape index (κ3) is 5.33. The zero-order valence-corrected chi connectivity index (χ0v) is 17.5. The number of hydrogen-bond donors (Lipinski definition) is 1. The fourth-order valence-electron chi connectivity index (χ4n) is 4.43. The van der Waals surface area contributed by atoms with Gasteiger partial charge in [-0.15, -0.1) is 0 Å². The second kappa shape index (κ2) is 9.37. The van der Waals surface area contributed by atoms with E-state index in [0.29, 0.717) is 44.9 Å². The molecule has 7 heteroatoms. The van der Waals surface area contributed by atoms with E-state index in [4.69, 9.17) is 4.74 Å². The van der Waals surface area contributed by atoms with Gasteiger partial charge in [0.25, 0.3) is 0 Å². The largest absolute Gasteiger partial charge is 0.385 e. The number of rotatable bonds is 8. The average Bonchev–Trinajstić information content (AvgIpc) is 3.11. The molecule has 1 unspecified atom stereocenters. The molecule has 3 rings (SSSR count). The smallest absolute Gasteiger partial charge is 0.241 e. The quantitative estimate of drug-likeness (QED) is 0.718. The van der Waals surface area contributed by atoms with Crippen LogP contribution >= 0.6 is 0 Å². The first-order valence-electron chi connectivity index (χ1n) is 10.3. The monoisotopic (exact) mass is 408 g/mol. The highest BCUT2D eigenvalue weighted by Crippen LogP contribution is 2.31. The summed E-state index contributed by atoms with van der Waals surface area (Å²) in [6.45, 7) is 1.45. The lowest BCUT2D eigenvalue weighted by atomic mass is 9.86. The molecule has 1 atom stereocenters. The normalized spacial score (nSPS) is 23.8. The van der Waals surface area contributed by atoms with E-state index in [9.17, 15) is 13.2 Å². The molecule has 1 N–H and O–H groups in total. The van der Waals surface area contributed by atoms with E-state index in [1.165, 1.54) is 19.3 Å². The summed E-state index contributed by atoms with van der Waals surface area (Å²) in [4.78, 5) is 14.9. The molecule has 1 aliphatic carbocycles.